The third kappa shape index (κ3) is 10.00. The summed E-state index contributed by atoms with van der Waals surface area (Å²) < 4.78 is 5.45. The monoisotopic (exact) mass is 335 g/mol. The summed E-state index contributed by atoms with van der Waals surface area (Å²) in [7, 11) is -1.34. The number of nitrogens with one attached hydrogen (secondary N) is 2. The number of hydrogen-bond acceptors (Lipinski definition) is 5. The Kier molecular flexibility index (Phi) is 10.2. The van der Waals surface area contributed by atoms with E-state index in [-0.39, 0.29) is 0 Å². The lowest BCUT2D eigenvalue weighted by Gasteiger charge is -2.14. The van der Waals surface area contributed by atoms with Gasteiger partial charge in [-0.1, -0.05) is 54.6 Å². The van der Waals surface area contributed by atoms with Crippen LogP contribution in [0.5, 0.6) is 0 Å². The molecule has 0 aliphatic carbocycles. The topological polar surface area (TPSA) is 68.5 Å². The lowest BCUT2D eigenvalue weighted by Crippen LogP contribution is -2.23. The number of hydrogen-bond donors (Lipinski definition) is 3. The second-order valence-electron chi connectivity index (χ2n) is 4.92. The van der Waals surface area contributed by atoms with Gasteiger partial charge in [0.15, 0.2) is 0 Å². The van der Waals surface area contributed by atoms with Crippen LogP contribution in [0.3, 0.4) is 0 Å². The van der Waals surface area contributed by atoms with Gasteiger partial charge in [0.05, 0.1) is 6.61 Å². The fourth-order valence-corrected chi connectivity index (χ4v) is 2.27. The third-order valence-electron chi connectivity index (χ3n) is 2.81. The van der Waals surface area contributed by atoms with Crippen molar-refractivity contribution < 1.29 is 9.36 Å². The minimum atomic E-state index is -1.34. The van der Waals surface area contributed by atoms with Gasteiger partial charge < -0.3 is 9.84 Å². The Morgan fingerprint density at radius 1 is 1.30 bits per heavy atom. The molecule has 0 aromatic heterocycles. The number of allylic oxidation sites excluding steroid dienone is 5. The summed E-state index contributed by atoms with van der Waals surface area (Å²) in [5.41, 5.74) is 8.32. The van der Waals surface area contributed by atoms with Gasteiger partial charge in [0, 0.05) is 13.1 Å². The second kappa shape index (κ2) is 12.0. The maximum atomic E-state index is 5.80. The first-order valence-electron chi connectivity index (χ1n) is 7.44. The van der Waals surface area contributed by atoms with Crippen molar-refractivity contribution in [2.75, 3.05) is 13.2 Å². The van der Waals surface area contributed by atoms with E-state index in [0.717, 1.165) is 13.1 Å². The minimum absolute atomic E-state index is 0.504. The van der Waals surface area contributed by atoms with Crippen molar-refractivity contribution in [3.63, 3.8) is 0 Å². The first-order chi connectivity index (χ1) is 11.1. The van der Waals surface area contributed by atoms with Gasteiger partial charge in [-0.05, 0) is 25.5 Å². The van der Waals surface area contributed by atoms with Gasteiger partial charge in [0.25, 0.3) is 8.45 Å². The van der Waals surface area contributed by atoms with E-state index in [4.69, 9.17) is 14.9 Å². The van der Waals surface area contributed by atoms with Crippen LogP contribution in [-0.2, 0) is 15.9 Å². The summed E-state index contributed by atoms with van der Waals surface area (Å²) in [5.74, 6) is 0.713. The number of benzene rings is 1. The molecule has 0 bridgehead atoms. The van der Waals surface area contributed by atoms with Crippen LogP contribution in [0.25, 0.3) is 0 Å². The van der Waals surface area contributed by atoms with Gasteiger partial charge in [-0.2, -0.15) is 0 Å². The van der Waals surface area contributed by atoms with Crippen molar-refractivity contribution in [1.29, 1.82) is 0 Å². The van der Waals surface area contributed by atoms with Gasteiger partial charge in [0.2, 0.25) is 0 Å². The summed E-state index contributed by atoms with van der Waals surface area (Å²) in [4.78, 5) is 5.28. The molecule has 1 aromatic rings. The molecule has 0 spiro atoms. The average Bonchev–Trinajstić information content (AvgIpc) is 2.52. The first kappa shape index (κ1) is 19.6. The largest absolute Gasteiger partial charge is 0.448 e. The van der Waals surface area contributed by atoms with Crippen LogP contribution in [0.2, 0.25) is 0 Å². The Labute approximate surface area is 140 Å². The molecule has 0 heterocycles. The van der Waals surface area contributed by atoms with Crippen molar-refractivity contribution >= 4 is 8.45 Å². The number of nitrogens with two attached hydrogens (primary N) is 1. The highest BCUT2D eigenvalue weighted by Gasteiger charge is 2.03. The molecule has 0 aliphatic heterocycles. The summed E-state index contributed by atoms with van der Waals surface area (Å²) in [6.07, 6.45) is 7.16. The molecule has 6 heteroatoms. The Balaban J connectivity index is 2.07. The van der Waals surface area contributed by atoms with Gasteiger partial charge in [-0.15, -0.1) is 5.25 Å². The van der Waals surface area contributed by atoms with Crippen LogP contribution in [0, 0.1) is 6.92 Å². The van der Waals surface area contributed by atoms with Crippen LogP contribution < -0.4 is 16.1 Å². The second-order valence-corrected chi connectivity index (χ2v) is 5.93. The maximum absolute atomic E-state index is 5.80. The zero-order chi connectivity index (χ0) is 16.9. The standard InChI is InChI=1S/C17H26N3O2P/c1-4-5-6-7-16(3)22-23(18)20-21-13-12-19-14-17-10-8-15(2)9-11-17/h4-11,19-20H,1,12-14,18H2,2-3H3/b6-5-,16-7+. The van der Waals surface area contributed by atoms with Crippen LogP contribution in [0.15, 0.2) is 60.9 Å². The van der Waals surface area contributed by atoms with E-state index in [1.807, 2.05) is 25.2 Å². The van der Waals surface area contributed by atoms with Crippen LogP contribution in [0.4, 0.5) is 0 Å². The smallest absolute Gasteiger partial charge is 0.264 e. The lowest BCUT2D eigenvalue weighted by atomic mass is 10.1. The maximum Gasteiger partial charge on any atom is 0.264 e. The van der Waals surface area contributed by atoms with Crippen molar-refractivity contribution in [3.05, 3.63) is 72.0 Å². The molecule has 0 aliphatic rings. The molecule has 1 rings (SSSR count). The molecule has 23 heavy (non-hydrogen) atoms. The molecular formula is C17H26N3O2P. The molecule has 0 amide bonds. The Hall–Kier alpha value is -1.49. The van der Waals surface area contributed by atoms with Crippen molar-refractivity contribution in [2.24, 2.45) is 5.50 Å². The lowest BCUT2D eigenvalue weighted by molar-refractivity contribution is 0.0914. The van der Waals surface area contributed by atoms with E-state index in [1.165, 1.54) is 11.1 Å². The molecule has 1 unspecified atom stereocenters. The van der Waals surface area contributed by atoms with E-state index in [2.05, 4.69) is 48.3 Å². The Morgan fingerprint density at radius 2 is 2.04 bits per heavy atom. The summed E-state index contributed by atoms with van der Waals surface area (Å²) >= 11 is 0. The van der Waals surface area contributed by atoms with Gasteiger partial charge in [-0.3, -0.25) is 10.3 Å². The molecule has 126 valence electrons. The Morgan fingerprint density at radius 3 is 2.74 bits per heavy atom. The molecule has 0 saturated carbocycles. The third-order valence-corrected chi connectivity index (χ3v) is 3.60. The fraction of sp³-hybridized carbons (Fsp3) is 0.294. The van der Waals surface area contributed by atoms with E-state index in [0.29, 0.717) is 12.4 Å². The minimum Gasteiger partial charge on any atom is -0.448 e. The van der Waals surface area contributed by atoms with Crippen LogP contribution in [0.1, 0.15) is 18.1 Å². The normalized spacial score (nSPS) is 13.3. The van der Waals surface area contributed by atoms with Gasteiger partial charge >= 0.3 is 0 Å². The molecule has 1 aromatic carbocycles. The van der Waals surface area contributed by atoms with Gasteiger partial charge in [0.1, 0.15) is 5.76 Å². The van der Waals surface area contributed by atoms with E-state index >= 15 is 0 Å². The number of rotatable bonds is 11. The highest BCUT2D eigenvalue weighted by molar-refractivity contribution is 7.47. The van der Waals surface area contributed by atoms with Crippen LogP contribution in [-0.4, -0.2) is 13.2 Å². The molecule has 4 N–H and O–H groups in total. The van der Waals surface area contributed by atoms with Crippen molar-refractivity contribution in [1.82, 2.24) is 10.6 Å². The summed E-state index contributed by atoms with van der Waals surface area (Å²) in [6, 6.07) is 8.44. The predicted molar refractivity (Wildman–Crippen MR) is 97.3 cm³/mol. The quantitative estimate of drug-likeness (QED) is 0.190. The predicted octanol–water partition coefficient (Wildman–Crippen LogP) is 3.45. The van der Waals surface area contributed by atoms with E-state index in [1.54, 1.807) is 6.08 Å². The SMILES string of the molecule is C=C/C=C\C=C(/C)OP(N)NOCCNCc1ccc(C)cc1. The van der Waals surface area contributed by atoms with Gasteiger partial charge in [-0.25, -0.2) is 0 Å². The van der Waals surface area contributed by atoms with Crippen molar-refractivity contribution in [2.45, 2.75) is 20.4 Å². The summed E-state index contributed by atoms with van der Waals surface area (Å²) in [5, 5.41) is 6.01. The molecule has 1 atom stereocenters. The van der Waals surface area contributed by atoms with E-state index < -0.39 is 8.45 Å². The van der Waals surface area contributed by atoms with Crippen LogP contribution >= 0.6 is 8.45 Å². The molecule has 0 saturated heterocycles. The average molecular weight is 335 g/mol. The Bertz CT molecular complexity index is 515. The zero-order valence-electron chi connectivity index (χ0n) is 13.8. The van der Waals surface area contributed by atoms with Crippen molar-refractivity contribution in [3.8, 4) is 0 Å². The number of aryl methyl sites for hydroxylation is 1. The molecule has 0 radical (unpaired) electrons. The molecule has 0 fully saturated rings. The molecular weight excluding hydrogens is 309 g/mol. The van der Waals surface area contributed by atoms with E-state index in [9.17, 15) is 0 Å². The molecule has 5 nitrogen and oxygen atoms in total. The summed E-state index contributed by atoms with van der Waals surface area (Å²) in [6.45, 7) is 9.55. The highest BCUT2D eigenvalue weighted by atomic mass is 31.2. The fourth-order valence-electron chi connectivity index (χ4n) is 1.64. The highest BCUT2D eigenvalue weighted by Crippen LogP contribution is 2.25. The zero-order valence-corrected chi connectivity index (χ0v) is 14.7. The first-order valence-corrected chi connectivity index (χ1v) is 8.77.